The lowest BCUT2D eigenvalue weighted by molar-refractivity contribution is -0.141. The van der Waals surface area contributed by atoms with E-state index >= 15 is 0 Å². The van der Waals surface area contributed by atoms with Gasteiger partial charge in [-0.3, -0.25) is 9.69 Å². The van der Waals surface area contributed by atoms with Crippen LogP contribution >= 0.6 is 0 Å². The van der Waals surface area contributed by atoms with Gasteiger partial charge in [0.25, 0.3) is 5.91 Å². The van der Waals surface area contributed by atoms with Crippen molar-refractivity contribution in [1.82, 2.24) is 10.2 Å². The minimum atomic E-state index is -1.11. The SMILES string of the molecule is O=C(CN1C(=O)N[C@@]2(CCCc3ccccc32)C1=O)Oc1ccc2c(c1)OCO2. The highest BCUT2D eigenvalue weighted by Crippen LogP contribution is 2.40. The second-order valence-corrected chi connectivity index (χ2v) is 7.23. The maximum Gasteiger partial charge on any atom is 0.331 e. The van der Waals surface area contributed by atoms with Crippen LogP contribution in [-0.4, -0.2) is 36.1 Å². The highest BCUT2D eigenvalue weighted by atomic mass is 16.7. The monoisotopic (exact) mass is 394 g/mol. The summed E-state index contributed by atoms with van der Waals surface area (Å²) >= 11 is 0. The van der Waals surface area contributed by atoms with Crippen LogP contribution in [0.15, 0.2) is 42.5 Å². The predicted octanol–water partition coefficient (Wildman–Crippen LogP) is 2.10. The van der Waals surface area contributed by atoms with E-state index in [1.54, 1.807) is 12.1 Å². The van der Waals surface area contributed by atoms with E-state index in [4.69, 9.17) is 14.2 Å². The molecule has 2 aromatic carbocycles. The minimum absolute atomic E-state index is 0.110. The summed E-state index contributed by atoms with van der Waals surface area (Å²) in [6.07, 6.45) is 2.13. The van der Waals surface area contributed by atoms with E-state index in [9.17, 15) is 14.4 Å². The fourth-order valence-corrected chi connectivity index (χ4v) is 4.19. The molecule has 1 N–H and O–H groups in total. The third kappa shape index (κ3) is 2.79. The lowest BCUT2D eigenvalue weighted by Crippen LogP contribution is -2.47. The third-order valence-corrected chi connectivity index (χ3v) is 5.51. The van der Waals surface area contributed by atoms with Crippen molar-refractivity contribution in [2.75, 3.05) is 13.3 Å². The van der Waals surface area contributed by atoms with E-state index in [-0.39, 0.29) is 12.5 Å². The Bertz CT molecular complexity index is 1040. The van der Waals surface area contributed by atoms with Gasteiger partial charge in [0.15, 0.2) is 11.5 Å². The molecule has 3 amide bonds. The Hall–Kier alpha value is -3.55. The first-order chi connectivity index (χ1) is 14.1. The van der Waals surface area contributed by atoms with Crippen LogP contribution in [0.4, 0.5) is 4.79 Å². The molecule has 0 bridgehead atoms. The van der Waals surface area contributed by atoms with E-state index < -0.39 is 30.0 Å². The molecular weight excluding hydrogens is 376 g/mol. The summed E-state index contributed by atoms with van der Waals surface area (Å²) in [4.78, 5) is 39.1. The zero-order valence-electron chi connectivity index (χ0n) is 15.5. The van der Waals surface area contributed by atoms with Crippen LogP contribution in [0, 0.1) is 0 Å². The summed E-state index contributed by atoms with van der Waals surface area (Å²) in [5, 5.41) is 2.82. The van der Waals surface area contributed by atoms with E-state index in [0.717, 1.165) is 28.9 Å². The van der Waals surface area contributed by atoms with Gasteiger partial charge >= 0.3 is 12.0 Å². The highest BCUT2D eigenvalue weighted by Gasteiger charge is 2.54. The summed E-state index contributed by atoms with van der Waals surface area (Å²) in [5.41, 5.74) is 0.735. The fraction of sp³-hybridized carbons (Fsp3) is 0.286. The van der Waals surface area contributed by atoms with Crippen molar-refractivity contribution >= 4 is 17.9 Å². The normalized spacial score (nSPS) is 21.9. The average Bonchev–Trinajstić information content (AvgIpc) is 3.27. The standard InChI is InChI=1S/C21H18N2O6/c24-18(29-14-7-8-16-17(10-14)28-12-27-16)11-23-19(25)21(22-20(23)26)9-3-5-13-4-1-2-6-15(13)21/h1-2,4,6-8,10H,3,5,9,11-12H2,(H,22,26)/t21-/m1/s1. The number of hydrogen-bond donors (Lipinski definition) is 1. The number of aryl methyl sites for hydroxylation is 1. The number of ether oxygens (including phenoxy) is 3. The number of carbonyl (C=O) groups is 3. The van der Waals surface area contributed by atoms with Crippen LogP contribution < -0.4 is 19.5 Å². The summed E-state index contributed by atoms with van der Waals surface area (Å²) in [6, 6.07) is 11.7. The van der Waals surface area contributed by atoms with Gasteiger partial charge in [-0.05, 0) is 42.5 Å². The van der Waals surface area contributed by atoms with Crippen LogP contribution in [0.2, 0.25) is 0 Å². The van der Waals surface area contributed by atoms with Crippen molar-refractivity contribution in [1.29, 1.82) is 0 Å². The Morgan fingerprint density at radius 3 is 2.86 bits per heavy atom. The molecule has 3 aliphatic rings. The fourth-order valence-electron chi connectivity index (χ4n) is 4.19. The van der Waals surface area contributed by atoms with Gasteiger partial charge in [-0.1, -0.05) is 24.3 Å². The maximum absolute atomic E-state index is 13.2. The summed E-state index contributed by atoms with van der Waals surface area (Å²) in [5.74, 6) is 0.162. The number of carbonyl (C=O) groups excluding carboxylic acids is 3. The van der Waals surface area contributed by atoms with Gasteiger partial charge in [0.05, 0.1) is 0 Å². The maximum atomic E-state index is 13.2. The summed E-state index contributed by atoms with van der Waals surface area (Å²) in [6.45, 7) is -0.359. The third-order valence-electron chi connectivity index (χ3n) is 5.51. The van der Waals surface area contributed by atoms with Gasteiger partial charge in [0.2, 0.25) is 6.79 Å². The van der Waals surface area contributed by atoms with Crippen molar-refractivity contribution in [3.8, 4) is 17.2 Å². The molecule has 0 radical (unpaired) electrons. The lowest BCUT2D eigenvalue weighted by Gasteiger charge is -2.33. The van der Waals surface area contributed by atoms with Gasteiger partial charge in [0.1, 0.15) is 17.8 Å². The number of imide groups is 1. The number of fused-ring (bicyclic) bond motifs is 3. The average molecular weight is 394 g/mol. The Morgan fingerprint density at radius 2 is 1.97 bits per heavy atom. The van der Waals surface area contributed by atoms with Crippen LogP contribution in [-0.2, 0) is 21.5 Å². The van der Waals surface area contributed by atoms with Crippen LogP contribution in [0.1, 0.15) is 24.0 Å². The summed E-state index contributed by atoms with van der Waals surface area (Å²) < 4.78 is 15.8. The minimum Gasteiger partial charge on any atom is -0.454 e. The number of nitrogens with zero attached hydrogens (tertiary/aromatic N) is 1. The van der Waals surface area contributed by atoms with Gasteiger partial charge in [-0.15, -0.1) is 0 Å². The van der Waals surface area contributed by atoms with Gasteiger partial charge in [-0.2, -0.15) is 0 Å². The topological polar surface area (TPSA) is 94.2 Å². The smallest absolute Gasteiger partial charge is 0.331 e. The molecule has 29 heavy (non-hydrogen) atoms. The van der Waals surface area contributed by atoms with Crippen LogP contribution in [0.3, 0.4) is 0 Å². The largest absolute Gasteiger partial charge is 0.454 e. The molecule has 0 aromatic heterocycles. The second-order valence-electron chi connectivity index (χ2n) is 7.23. The first-order valence-corrected chi connectivity index (χ1v) is 9.40. The molecule has 148 valence electrons. The van der Waals surface area contributed by atoms with E-state index in [1.165, 1.54) is 6.07 Å². The molecule has 2 aromatic rings. The Labute approximate surface area is 166 Å². The van der Waals surface area contributed by atoms with E-state index in [0.29, 0.717) is 17.9 Å². The quantitative estimate of drug-likeness (QED) is 0.487. The molecule has 8 heteroatoms. The van der Waals surface area contributed by atoms with Crippen molar-refractivity contribution in [3.63, 3.8) is 0 Å². The number of hydrogen-bond acceptors (Lipinski definition) is 6. The molecule has 1 fully saturated rings. The van der Waals surface area contributed by atoms with E-state index in [1.807, 2.05) is 24.3 Å². The molecule has 0 saturated carbocycles. The van der Waals surface area contributed by atoms with Gasteiger partial charge in [-0.25, -0.2) is 9.59 Å². The van der Waals surface area contributed by atoms with Crippen LogP contribution in [0.5, 0.6) is 17.2 Å². The van der Waals surface area contributed by atoms with Gasteiger partial charge in [0, 0.05) is 6.07 Å². The number of urea groups is 1. The molecule has 1 atom stereocenters. The number of rotatable bonds is 3. The molecule has 8 nitrogen and oxygen atoms in total. The Kier molecular flexibility index (Phi) is 3.94. The lowest BCUT2D eigenvalue weighted by atomic mass is 9.76. The molecule has 2 heterocycles. The second kappa shape index (κ2) is 6.51. The Balaban J connectivity index is 1.34. The first-order valence-electron chi connectivity index (χ1n) is 9.40. The number of amides is 3. The van der Waals surface area contributed by atoms with E-state index in [2.05, 4.69) is 5.32 Å². The molecular formula is C21H18N2O6. The number of nitrogens with one attached hydrogen (secondary N) is 1. The molecule has 1 saturated heterocycles. The molecule has 0 unspecified atom stereocenters. The molecule has 1 aliphatic carbocycles. The predicted molar refractivity (Wildman–Crippen MR) is 99.5 cm³/mol. The van der Waals surface area contributed by atoms with Crippen LogP contribution in [0.25, 0.3) is 0 Å². The van der Waals surface area contributed by atoms with Crippen molar-refractivity contribution in [2.24, 2.45) is 0 Å². The number of benzene rings is 2. The van der Waals surface area contributed by atoms with Crippen molar-refractivity contribution in [3.05, 3.63) is 53.6 Å². The zero-order valence-corrected chi connectivity index (χ0v) is 15.5. The highest BCUT2D eigenvalue weighted by molar-refractivity contribution is 6.09. The Morgan fingerprint density at radius 1 is 1.14 bits per heavy atom. The molecule has 5 rings (SSSR count). The molecule has 1 spiro atoms. The molecule has 2 aliphatic heterocycles. The van der Waals surface area contributed by atoms with Crippen molar-refractivity contribution < 1.29 is 28.6 Å². The van der Waals surface area contributed by atoms with Gasteiger partial charge < -0.3 is 19.5 Å². The van der Waals surface area contributed by atoms with Crippen molar-refractivity contribution in [2.45, 2.75) is 24.8 Å². The number of esters is 1. The zero-order chi connectivity index (χ0) is 20.0. The first kappa shape index (κ1) is 17.5. The summed E-state index contributed by atoms with van der Waals surface area (Å²) in [7, 11) is 0.